The lowest BCUT2D eigenvalue weighted by molar-refractivity contribution is 0.0116. The summed E-state index contributed by atoms with van der Waals surface area (Å²) in [7, 11) is 0. The lowest BCUT2D eigenvalue weighted by Gasteiger charge is -2.30. The highest BCUT2D eigenvalue weighted by Gasteiger charge is 2.30. The van der Waals surface area contributed by atoms with Crippen LogP contribution in [0.15, 0.2) is 36.4 Å². The Morgan fingerprint density at radius 3 is 1.42 bits per heavy atom. The summed E-state index contributed by atoms with van der Waals surface area (Å²) in [5, 5.41) is 0. The van der Waals surface area contributed by atoms with E-state index in [1.807, 2.05) is 0 Å². The van der Waals surface area contributed by atoms with E-state index in [4.69, 9.17) is 4.74 Å². The van der Waals surface area contributed by atoms with Crippen molar-refractivity contribution in [1.82, 2.24) is 0 Å². The van der Waals surface area contributed by atoms with Gasteiger partial charge in [0.05, 0.1) is 12.7 Å². The Labute approximate surface area is 263 Å². The summed E-state index contributed by atoms with van der Waals surface area (Å²) < 4.78 is 95.0. The van der Waals surface area contributed by atoms with E-state index in [9.17, 15) is 17.6 Å². The molecule has 7 heteroatoms. The average Bonchev–Trinajstić information content (AvgIpc) is 3.06. The van der Waals surface area contributed by atoms with Crippen LogP contribution in [0.25, 0.3) is 0 Å². The summed E-state index contributed by atoms with van der Waals surface area (Å²) in [6.07, 6.45) is 8.40. The van der Waals surface area contributed by atoms with Crippen LogP contribution in [0.5, 0.6) is 0 Å². The minimum Gasteiger partial charge on any atom is -0.373 e. The third-order valence-corrected chi connectivity index (χ3v) is 10.2. The number of rotatable bonds is 11. The molecule has 2 fully saturated rings. The predicted octanol–water partition coefficient (Wildman–Crippen LogP) is 11.5. The molecule has 0 unspecified atom stereocenters. The molecule has 2 saturated carbocycles. The van der Waals surface area contributed by atoms with Crippen LogP contribution >= 0.6 is 0 Å². The van der Waals surface area contributed by atoms with Crippen molar-refractivity contribution < 1.29 is 31.1 Å². The fourth-order valence-corrected chi connectivity index (χ4v) is 7.37. The molecule has 0 saturated heterocycles. The van der Waals surface area contributed by atoms with E-state index in [0.717, 1.165) is 19.3 Å². The van der Waals surface area contributed by atoms with Gasteiger partial charge in [-0.25, -0.2) is 26.3 Å². The highest BCUT2D eigenvalue weighted by molar-refractivity contribution is 5.33. The Morgan fingerprint density at radius 2 is 0.933 bits per heavy atom. The minimum atomic E-state index is -0.914. The SMILES string of the molecule is CCCCCc1ccc(C2CCC(OCc3ccc(C4CCC(c5ccc(CC)c(F)c5F)CC4)c(F)c3F)CC2)c(F)c1F. The lowest BCUT2D eigenvalue weighted by Crippen LogP contribution is -2.22. The molecule has 3 aromatic rings. The Hall–Kier alpha value is -2.80. The molecule has 1 nitrogen and oxygen atoms in total. The van der Waals surface area contributed by atoms with Crippen molar-refractivity contribution in [3.63, 3.8) is 0 Å². The molecule has 0 heterocycles. The highest BCUT2D eigenvalue weighted by Crippen LogP contribution is 2.43. The van der Waals surface area contributed by atoms with E-state index in [0.29, 0.717) is 92.0 Å². The molecular formula is C38H44F6O. The first kappa shape index (κ1) is 33.6. The molecule has 0 radical (unpaired) electrons. The molecule has 45 heavy (non-hydrogen) atoms. The quantitative estimate of drug-likeness (QED) is 0.151. The standard InChI is InChI=1S/C38H44F6O/c1-3-5-6-7-27-15-20-31(37(43)34(27)40)26-12-17-29(18-13-26)45-22-28-16-21-32(38(44)35(28)41)25-10-8-24(9-11-25)30-19-14-23(4-2)33(39)36(30)42/h14-16,19-21,24-26,29H,3-13,17-18,22H2,1-2H3. The van der Waals surface area contributed by atoms with Crippen LogP contribution in [0.4, 0.5) is 26.3 Å². The maximum atomic E-state index is 15.3. The maximum absolute atomic E-state index is 15.3. The number of unbranched alkanes of at least 4 members (excludes halogenated alkanes) is 2. The van der Waals surface area contributed by atoms with Crippen LogP contribution in [0, 0.1) is 34.9 Å². The van der Waals surface area contributed by atoms with Crippen LogP contribution in [-0.4, -0.2) is 6.10 Å². The second-order valence-electron chi connectivity index (χ2n) is 13.0. The number of ether oxygens (including phenoxy) is 1. The van der Waals surface area contributed by atoms with E-state index in [1.165, 1.54) is 0 Å². The smallest absolute Gasteiger partial charge is 0.164 e. The van der Waals surface area contributed by atoms with Crippen LogP contribution < -0.4 is 0 Å². The van der Waals surface area contributed by atoms with Gasteiger partial charge < -0.3 is 4.74 Å². The molecule has 0 atom stereocenters. The monoisotopic (exact) mass is 630 g/mol. The fraction of sp³-hybridized carbons (Fsp3) is 0.526. The highest BCUT2D eigenvalue weighted by atomic mass is 19.2. The third-order valence-electron chi connectivity index (χ3n) is 10.2. The van der Waals surface area contributed by atoms with Crippen molar-refractivity contribution in [2.45, 2.75) is 128 Å². The van der Waals surface area contributed by atoms with E-state index in [1.54, 1.807) is 43.3 Å². The second kappa shape index (κ2) is 15.2. The average molecular weight is 631 g/mol. The Bertz CT molecular complexity index is 1450. The van der Waals surface area contributed by atoms with Crippen LogP contribution in [0.1, 0.15) is 136 Å². The first-order valence-corrected chi connectivity index (χ1v) is 16.7. The molecule has 5 rings (SSSR count). The number of benzene rings is 3. The molecule has 244 valence electrons. The maximum Gasteiger partial charge on any atom is 0.164 e. The second-order valence-corrected chi connectivity index (χ2v) is 13.0. The first-order valence-electron chi connectivity index (χ1n) is 16.7. The van der Waals surface area contributed by atoms with Crippen molar-refractivity contribution in [1.29, 1.82) is 0 Å². The Kier molecular flexibility index (Phi) is 11.3. The van der Waals surface area contributed by atoms with E-state index in [-0.39, 0.29) is 36.0 Å². The molecule has 2 aliphatic carbocycles. The van der Waals surface area contributed by atoms with Gasteiger partial charge in [0.25, 0.3) is 0 Å². The zero-order valence-corrected chi connectivity index (χ0v) is 26.3. The zero-order chi connectivity index (χ0) is 32.1. The fourth-order valence-electron chi connectivity index (χ4n) is 7.37. The van der Waals surface area contributed by atoms with Gasteiger partial charge in [0.15, 0.2) is 34.9 Å². The summed E-state index contributed by atoms with van der Waals surface area (Å²) >= 11 is 0. The largest absolute Gasteiger partial charge is 0.373 e. The Morgan fingerprint density at radius 1 is 0.511 bits per heavy atom. The lowest BCUT2D eigenvalue weighted by atomic mass is 9.75. The molecular weight excluding hydrogens is 586 g/mol. The van der Waals surface area contributed by atoms with Crippen LogP contribution in [0.3, 0.4) is 0 Å². The normalized spacial score (nSPS) is 22.1. The van der Waals surface area contributed by atoms with Gasteiger partial charge in [0.1, 0.15) is 0 Å². The molecule has 3 aromatic carbocycles. The van der Waals surface area contributed by atoms with Gasteiger partial charge in [-0.1, -0.05) is 63.1 Å². The number of hydrogen-bond donors (Lipinski definition) is 0. The number of aryl methyl sites for hydroxylation is 2. The van der Waals surface area contributed by atoms with Gasteiger partial charge in [0.2, 0.25) is 0 Å². The number of hydrogen-bond acceptors (Lipinski definition) is 1. The van der Waals surface area contributed by atoms with Crippen molar-refractivity contribution in [3.05, 3.63) is 105 Å². The van der Waals surface area contributed by atoms with E-state index < -0.39 is 34.9 Å². The summed E-state index contributed by atoms with van der Waals surface area (Å²) in [6.45, 7) is 3.78. The van der Waals surface area contributed by atoms with Gasteiger partial charge in [-0.15, -0.1) is 0 Å². The summed E-state index contributed by atoms with van der Waals surface area (Å²) in [5.41, 5.74) is 2.02. The molecule has 0 amide bonds. The molecule has 0 aromatic heterocycles. The van der Waals surface area contributed by atoms with Gasteiger partial charge in [-0.2, -0.15) is 0 Å². The van der Waals surface area contributed by atoms with E-state index in [2.05, 4.69) is 6.92 Å². The topological polar surface area (TPSA) is 9.23 Å². The van der Waals surface area contributed by atoms with Gasteiger partial charge in [-0.05, 0) is 116 Å². The summed E-state index contributed by atoms with van der Waals surface area (Å²) in [6, 6.07) is 9.93. The first-order chi connectivity index (χ1) is 21.7. The van der Waals surface area contributed by atoms with E-state index >= 15 is 8.78 Å². The third kappa shape index (κ3) is 7.45. The van der Waals surface area contributed by atoms with Crippen molar-refractivity contribution in [2.75, 3.05) is 0 Å². The molecule has 0 spiro atoms. The van der Waals surface area contributed by atoms with Gasteiger partial charge in [-0.3, -0.25) is 0 Å². The van der Waals surface area contributed by atoms with Gasteiger partial charge >= 0.3 is 0 Å². The summed E-state index contributed by atoms with van der Waals surface area (Å²) in [5.74, 6) is -5.29. The predicted molar refractivity (Wildman–Crippen MR) is 165 cm³/mol. The zero-order valence-electron chi connectivity index (χ0n) is 26.3. The summed E-state index contributed by atoms with van der Waals surface area (Å²) in [4.78, 5) is 0. The van der Waals surface area contributed by atoms with Crippen molar-refractivity contribution in [3.8, 4) is 0 Å². The molecule has 2 aliphatic rings. The van der Waals surface area contributed by atoms with Crippen LogP contribution in [0.2, 0.25) is 0 Å². The molecule has 0 N–H and O–H groups in total. The minimum absolute atomic E-state index is 0.0703. The molecule has 0 bridgehead atoms. The number of halogens is 6. The molecule has 0 aliphatic heterocycles. The van der Waals surface area contributed by atoms with Gasteiger partial charge in [0, 0.05) is 5.56 Å². The van der Waals surface area contributed by atoms with Crippen molar-refractivity contribution >= 4 is 0 Å². The Balaban J connectivity index is 1.13. The van der Waals surface area contributed by atoms with Crippen molar-refractivity contribution in [2.24, 2.45) is 0 Å². The van der Waals surface area contributed by atoms with Crippen LogP contribution in [-0.2, 0) is 24.2 Å².